The number of amides is 1. The Kier molecular flexibility index (Phi) is 6.47. The summed E-state index contributed by atoms with van der Waals surface area (Å²) in [5.74, 6) is 0.0312. The van der Waals surface area contributed by atoms with E-state index in [4.69, 9.17) is 4.98 Å². The van der Waals surface area contributed by atoms with Gasteiger partial charge in [-0.25, -0.2) is 4.98 Å². The zero-order valence-corrected chi connectivity index (χ0v) is 18.3. The van der Waals surface area contributed by atoms with E-state index in [9.17, 15) is 4.79 Å². The smallest absolute Gasteiger partial charge is 0.260 e. The van der Waals surface area contributed by atoms with Gasteiger partial charge >= 0.3 is 0 Å². The first-order valence-corrected chi connectivity index (χ1v) is 10.8. The van der Waals surface area contributed by atoms with Crippen LogP contribution in [0.25, 0.3) is 10.2 Å². The summed E-state index contributed by atoms with van der Waals surface area (Å²) < 4.78 is 1.13. The van der Waals surface area contributed by atoms with Gasteiger partial charge in [0.2, 0.25) is 0 Å². The van der Waals surface area contributed by atoms with E-state index in [2.05, 4.69) is 39.8 Å². The third-order valence-electron chi connectivity index (χ3n) is 5.50. The van der Waals surface area contributed by atoms with Gasteiger partial charge in [-0.15, -0.1) is 0 Å². The number of quaternary nitrogens is 1. The highest BCUT2D eigenvalue weighted by Gasteiger charge is 2.23. The third kappa shape index (κ3) is 4.26. The van der Waals surface area contributed by atoms with E-state index < -0.39 is 0 Å². The normalized spacial score (nSPS) is 11.4. The van der Waals surface area contributed by atoms with Crippen LogP contribution in [-0.2, 0) is 0 Å². The van der Waals surface area contributed by atoms with E-state index in [1.54, 1.807) is 11.3 Å². The van der Waals surface area contributed by atoms with Gasteiger partial charge in [0.1, 0.15) is 0 Å². The van der Waals surface area contributed by atoms with Crippen LogP contribution in [0.4, 0.5) is 5.13 Å². The van der Waals surface area contributed by atoms with E-state index in [0.29, 0.717) is 6.54 Å². The van der Waals surface area contributed by atoms with Crippen molar-refractivity contribution in [2.75, 3.05) is 31.1 Å². The molecule has 1 heterocycles. The Hall–Kier alpha value is -2.24. The summed E-state index contributed by atoms with van der Waals surface area (Å²) in [6, 6.07) is 12.1. The molecule has 0 spiro atoms. The van der Waals surface area contributed by atoms with Gasteiger partial charge in [0.25, 0.3) is 5.91 Å². The fourth-order valence-corrected chi connectivity index (χ4v) is 4.47. The number of thiazole rings is 1. The molecule has 148 valence electrons. The average Bonchev–Trinajstić information content (AvgIpc) is 3.12. The summed E-state index contributed by atoms with van der Waals surface area (Å²) in [6.07, 6.45) is 0. The lowest BCUT2D eigenvalue weighted by atomic mass is 10.1. The summed E-state index contributed by atoms with van der Waals surface area (Å²) in [5.41, 5.74) is 5.25. The molecule has 0 radical (unpaired) electrons. The van der Waals surface area contributed by atoms with Gasteiger partial charge in [-0.3, -0.25) is 9.69 Å². The number of carbonyl (C=O) groups is 1. The molecule has 0 saturated carbocycles. The lowest BCUT2D eigenvalue weighted by Crippen LogP contribution is -3.12. The van der Waals surface area contributed by atoms with Crippen molar-refractivity contribution in [1.29, 1.82) is 0 Å². The highest BCUT2D eigenvalue weighted by molar-refractivity contribution is 7.22. The summed E-state index contributed by atoms with van der Waals surface area (Å²) in [6.45, 7) is 14.3. The Labute approximate surface area is 171 Å². The molecule has 0 aliphatic rings. The van der Waals surface area contributed by atoms with E-state index in [1.807, 2.05) is 36.1 Å². The number of aryl methyl sites for hydroxylation is 3. The van der Waals surface area contributed by atoms with Crippen molar-refractivity contribution >= 4 is 32.6 Å². The maximum absolute atomic E-state index is 13.4. The molecule has 0 saturated heterocycles. The van der Waals surface area contributed by atoms with Crippen molar-refractivity contribution in [3.63, 3.8) is 0 Å². The van der Waals surface area contributed by atoms with Crippen molar-refractivity contribution in [3.8, 4) is 0 Å². The number of hydrogen-bond donors (Lipinski definition) is 1. The molecule has 0 bridgehead atoms. The Bertz CT molecular complexity index is 975. The summed E-state index contributed by atoms with van der Waals surface area (Å²) in [7, 11) is 0. The Morgan fingerprint density at radius 2 is 1.86 bits per heavy atom. The monoisotopic (exact) mass is 396 g/mol. The minimum Gasteiger partial charge on any atom is -0.334 e. The van der Waals surface area contributed by atoms with E-state index >= 15 is 0 Å². The number of hydrogen-bond acceptors (Lipinski definition) is 3. The topological polar surface area (TPSA) is 37.6 Å². The number of likely N-dealkylation sites (N-methyl/N-ethyl adjacent to an activating group) is 1. The first kappa shape index (κ1) is 20.5. The minimum atomic E-state index is 0.0312. The fourth-order valence-electron chi connectivity index (χ4n) is 3.42. The van der Waals surface area contributed by atoms with Crippen LogP contribution in [0.15, 0.2) is 36.4 Å². The van der Waals surface area contributed by atoms with E-state index in [-0.39, 0.29) is 5.91 Å². The predicted molar refractivity (Wildman–Crippen MR) is 119 cm³/mol. The molecule has 1 N–H and O–H groups in total. The molecule has 0 atom stereocenters. The SMILES string of the molecule is CC[NH+](CC)CCN(C(=O)c1cccc(C)c1)c1nc2c(C)c(C)ccc2s1. The van der Waals surface area contributed by atoms with Gasteiger partial charge in [0.05, 0.1) is 36.4 Å². The number of carbonyl (C=O) groups excluding carboxylic acids is 1. The number of aromatic nitrogens is 1. The molecule has 5 heteroatoms. The van der Waals surface area contributed by atoms with Crippen LogP contribution >= 0.6 is 11.3 Å². The molecule has 1 amide bonds. The number of benzene rings is 2. The molecule has 3 rings (SSSR count). The molecule has 0 aliphatic carbocycles. The molecular weight excluding hydrogens is 366 g/mol. The highest BCUT2D eigenvalue weighted by atomic mass is 32.1. The van der Waals surface area contributed by atoms with E-state index in [1.165, 1.54) is 16.0 Å². The lowest BCUT2D eigenvalue weighted by Gasteiger charge is -2.23. The second-order valence-corrected chi connectivity index (χ2v) is 8.39. The van der Waals surface area contributed by atoms with Gasteiger partial charge in [0.15, 0.2) is 5.13 Å². The second kappa shape index (κ2) is 8.84. The first-order chi connectivity index (χ1) is 13.4. The predicted octanol–water partition coefficient (Wildman–Crippen LogP) is 3.79. The number of anilines is 1. The molecule has 28 heavy (non-hydrogen) atoms. The van der Waals surface area contributed by atoms with Gasteiger partial charge in [-0.05, 0) is 63.9 Å². The molecule has 0 fully saturated rings. The van der Waals surface area contributed by atoms with E-state index in [0.717, 1.165) is 46.1 Å². The molecule has 0 aliphatic heterocycles. The van der Waals surface area contributed by atoms with Crippen LogP contribution < -0.4 is 9.80 Å². The van der Waals surface area contributed by atoms with Crippen molar-refractivity contribution in [3.05, 3.63) is 58.7 Å². The van der Waals surface area contributed by atoms with Gasteiger partial charge in [0, 0.05) is 5.56 Å². The first-order valence-electron chi connectivity index (χ1n) is 10.0. The zero-order chi connectivity index (χ0) is 20.3. The number of nitrogens with one attached hydrogen (secondary N) is 1. The Morgan fingerprint density at radius 1 is 1.11 bits per heavy atom. The molecular formula is C23H30N3OS+. The van der Waals surface area contributed by atoms with Crippen LogP contribution in [-0.4, -0.2) is 37.1 Å². The van der Waals surface area contributed by atoms with Crippen molar-refractivity contribution in [2.45, 2.75) is 34.6 Å². The quantitative estimate of drug-likeness (QED) is 0.660. The Balaban J connectivity index is 2.00. The van der Waals surface area contributed by atoms with Crippen molar-refractivity contribution < 1.29 is 9.69 Å². The number of nitrogens with zero attached hydrogens (tertiary/aromatic N) is 2. The molecule has 4 nitrogen and oxygen atoms in total. The average molecular weight is 397 g/mol. The van der Waals surface area contributed by atoms with Crippen LogP contribution in [0.2, 0.25) is 0 Å². The highest BCUT2D eigenvalue weighted by Crippen LogP contribution is 2.32. The Morgan fingerprint density at radius 3 is 2.54 bits per heavy atom. The second-order valence-electron chi connectivity index (χ2n) is 7.38. The fraction of sp³-hybridized carbons (Fsp3) is 0.391. The van der Waals surface area contributed by atoms with Gasteiger partial charge in [-0.1, -0.05) is 35.1 Å². The van der Waals surface area contributed by atoms with Crippen molar-refractivity contribution in [1.82, 2.24) is 4.98 Å². The van der Waals surface area contributed by atoms with Gasteiger partial charge in [-0.2, -0.15) is 0 Å². The maximum atomic E-state index is 13.4. The molecule has 0 unspecified atom stereocenters. The van der Waals surface area contributed by atoms with Crippen LogP contribution in [0.1, 0.15) is 40.9 Å². The minimum absolute atomic E-state index is 0.0312. The summed E-state index contributed by atoms with van der Waals surface area (Å²) >= 11 is 1.61. The molecule has 3 aromatic rings. The number of fused-ring (bicyclic) bond motifs is 1. The molecule has 1 aromatic heterocycles. The number of rotatable bonds is 7. The molecule has 2 aromatic carbocycles. The summed E-state index contributed by atoms with van der Waals surface area (Å²) in [4.78, 5) is 21.6. The third-order valence-corrected chi connectivity index (χ3v) is 6.55. The zero-order valence-electron chi connectivity index (χ0n) is 17.5. The summed E-state index contributed by atoms with van der Waals surface area (Å²) in [5, 5.41) is 0.793. The van der Waals surface area contributed by atoms with Crippen molar-refractivity contribution in [2.24, 2.45) is 0 Å². The van der Waals surface area contributed by atoms with Crippen LogP contribution in [0, 0.1) is 20.8 Å². The van der Waals surface area contributed by atoms with Crippen LogP contribution in [0.5, 0.6) is 0 Å². The lowest BCUT2D eigenvalue weighted by molar-refractivity contribution is -0.894. The van der Waals surface area contributed by atoms with Gasteiger partial charge < -0.3 is 4.90 Å². The standard InChI is InChI=1S/C23H29N3OS/c1-6-25(7-2)13-14-26(22(27)19-10-8-9-16(3)15-19)23-24-21-18(5)17(4)11-12-20(21)28-23/h8-12,15H,6-7,13-14H2,1-5H3/p+1. The maximum Gasteiger partial charge on any atom is 0.260 e. The largest absolute Gasteiger partial charge is 0.334 e. The van der Waals surface area contributed by atoms with Crippen LogP contribution in [0.3, 0.4) is 0 Å².